The average molecular weight is 312 g/mol. The summed E-state index contributed by atoms with van der Waals surface area (Å²) < 4.78 is 0. The Kier molecular flexibility index (Phi) is 8.09. The topological polar surface area (TPSA) is 18.5 Å². The molecule has 1 rings (SSSR count). The van der Waals surface area contributed by atoms with Crippen molar-refractivity contribution in [3.8, 4) is 0 Å². The zero-order valence-electron chi connectivity index (χ0n) is 14.1. The summed E-state index contributed by atoms with van der Waals surface area (Å²) in [5, 5.41) is 4.35. The SMILES string of the molecule is CCCN(CCN(C)C)c1c(Cl)cccc1CNC(C)C. The van der Waals surface area contributed by atoms with E-state index in [1.165, 1.54) is 11.3 Å². The Bertz CT molecular complexity index is 418. The zero-order chi connectivity index (χ0) is 15.8. The van der Waals surface area contributed by atoms with Gasteiger partial charge in [-0.2, -0.15) is 0 Å². The normalized spacial score (nSPS) is 11.4. The minimum absolute atomic E-state index is 0.471. The Morgan fingerprint density at radius 3 is 2.43 bits per heavy atom. The summed E-state index contributed by atoms with van der Waals surface area (Å²) in [5.41, 5.74) is 2.47. The van der Waals surface area contributed by atoms with Crippen LogP contribution in [0.25, 0.3) is 0 Å². The van der Waals surface area contributed by atoms with E-state index < -0.39 is 0 Å². The number of benzene rings is 1. The highest BCUT2D eigenvalue weighted by Gasteiger charge is 2.14. The highest BCUT2D eigenvalue weighted by molar-refractivity contribution is 6.33. The predicted octanol–water partition coefficient (Wildman–Crippen LogP) is 3.62. The van der Waals surface area contributed by atoms with Gasteiger partial charge in [0.15, 0.2) is 0 Å². The number of anilines is 1. The van der Waals surface area contributed by atoms with Crippen molar-refractivity contribution in [1.29, 1.82) is 0 Å². The van der Waals surface area contributed by atoms with Crippen LogP contribution in [0.2, 0.25) is 5.02 Å². The monoisotopic (exact) mass is 311 g/mol. The Morgan fingerprint density at radius 1 is 1.14 bits per heavy atom. The standard InChI is InChI=1S/C17H30ClN3/c1-6-10-21(12-11-20(4)5)17-15(13-19-14(2)3)8-7-9-16(17)18/h7-9,14,19H,6,10-13H2,1-5H3. The van der Waals surface area contributed by atoms with Crippen LogP contribution in [0.15, 0.2) is 18.2 Å². The van der Waals surface area contributed by atoms with Crippen LogP contribution < -0.4 is 10.2 Å². The summed E-state index contributed by atoms with van der Waals surface area (Å²) in [6.07, 6.45) is 1.12. The molecule has 1 aromatic carbocycles. The van der Waals surface area contributed by atoms with Crippen molar-refractivity contribution in [2.24, 2.45) is 0 Å². The summed E-state index contributed by atoms with van der Waals surface area (Å²) in [6.45, 7) is 10.5. The molecule has 0 fully saturated rings. The second-order valence-corrected chi connectivity index (χ2v) is 6.48. The molecule has 0 aromatic heterocycles. The fourth-order valence-electron chi connectivity index (χ4n) is 2.30. The number of nitrogens with zero attached hydrogens (tertiary/aromatic N) is 2. The minimum Gasteiger partial charge on any atom is -0.369 e. The molecule has 0 radical (unpaired) electrons. The quantitative estimate of drug-likeness (QED) is 0.751. The van der Waals surface area contributed by atoms with Gasteiger partial charge in [0.25, 0.3) is 0 Å². The Balaban J connectivity index is 2.98. The maximum atomic E-state index is 6.51. The molecule has 0 saturated heterocycles. The van der Waals surface area contributed by atoms with Gasteiger partial charge in [0.1, 0.15) is 0 Å². The van der Waals surface area contributed by atoms with Crippen molar-refractivity contribution in [3.63, 3.8) is 0 Å². The van der Waals surface area contributed by atoms with E-state index in [0.717, 1.165) is 37.6 Å². The third-order valence-electron chi connectivity index (χ3n) is 3.40. The van der Waals surface area contributed by atoms with Crippen molar-refractivity contribution in [2.45, 2.75) is 39.8 Å². The first kappa shape index (κ1) is 18.3. The smallest absolute Gasteiger partial charge is 0.0642 e. The van der Waals surface area contributed by atoms with Gasteiger partial charge in [-0.25, -0.2) is 0 Å². The lowest BCUT2D eigenvalue weighted by atomic mass is 10.1. The van der Waals surface area contributed by atoms with Crippen LogP contribution in [0.5, 0.6) is 0 Å². The molecule has 0 amide bonds. The Labute approximate surface area is 135 Å². The highest BCUT2D eigenvalue weighted by atomic mass is 35.5. The Morgan fingerprint density at radius 2 is 1.86 bits per heavy atom. The van der Waals surface area contributed by atoms with E-state index in [1.54, 1.807) is 0 Å². The van der Waals surface area contributed by atoms with Crippen LogP contribution >= 0.6 is 11.6 Å². The van der Waals surface area contributed by atoms with E-state index in [9.17, 15) is 0 Å². The van der Waals surface area contributed by atoms with Gasteiger partial charge in [-0.05, 0) is 32.1 Å². The van der Waals surface area contributed by atoms with Gasteiger partial charge < -0.3 is 15.1 Å². The number of likely N-dealkylation sites (N-methyl/N-ethyl adjacent to an activating group) is 1. The molecule has 21 heavy (non-hydrogen) atoms. The van der Waals surface area contributed by atoms with Crippen LogP contribution in [0.4, 0.5) is 5.69 Å². The maximum Gasteiger partial charge on any atom is 0.0642 e. The van der Waals surface area contributed by atoms with Gasteiger partial charge in [0, 0.05) is 32.2 Å². The molecule has 0 saturated carbocycles. The van der Waals surface area contributed by atoms with Crippen molar-refractivity contribution in [3.05, 3.63) is 28.8 Å². The Hall–Kier alpha value is -0.770. The van der Waals surface area contributed by atoms with Crippen LogP contribution in [0, 0.1) is 0 Å². The number of hydrogen-bond acceptors (Lipinski definition) is 3. The number of nitrogens with one attached hydrogen (secondary N) is 1. The summed E-state index contributed by atoms with van der Waals surface area (Å²) in [6, 6.07) is 6.68. The lowest BCUT2D eigenvalue weighted by molar-refractivity contribution is 0.412. The van der Waals surface area contributed by atoms with Gasteiger partial charge in [-0.1, -0.05) is 44.5 Å². The molecule has 1 N–H and O–H groups in total. The lowest BCUT2D eigenvalue weighted by Crippen LogP contribution is -2.34. The summed E-state index contributed by atoms with van der Waals surface area (Å²) >= 11 is 6.51. The van der Waals surface area contributed by atoms with E-state index in [4.69, 9.17) is 11.6 Å². The van der Waals surface area contributed by atoms with Crippen LogP contribution in [0.3, 0.4) is 0 Å². The first-order chi connectivity index (χ1) is 9.95. The molecule has 0 unspecified atom stereocenters. The molecule has 3 nitrogen and oxygen atoms in total. The van der Waals surface area contributed by atoms with Crippen molar-refractivity contribution >= 4 is 17.3 Å². The first-order valence-corrected chi connectivity index (χ1v) is 8.24. The third kappa shape index (κ3) is 6.25. The fourth-order valence-corrected chi connectivity index (χ4v) is 2.61. The molecule has 0 heterocycles. The predicted molar refractivity (Wildman–Crippen MR) is 94.5 cm³/mol. The zero-order valence-corrected chi connectivity index (χ0v) is 14.9. The molecular formula is C17H30ClN3. The molecular weight excluding hydrogens is 282 g/mol. The number of rotatable bonds is 9. The molecule has 0 spiro atoms. The number of halogens is 1. The molecule has 4 heteroatoms. The maximum absolute atomic E-state index is 6.51. The first-order valence-electron chi connectivity index (χ1n) is 7.86. The molecule has 120 valence electrons. The highest BCUT2D eigenvalue weighted by Crippen LogP contribution is 2.30. The molecule has 1 aromatic rings. The summed E-state index contributed by atoms with van der Waals surface area (Å²) in [4.78, 5) is 4.63. The molecule has 0 aliphatic carbocycles. The van der Waals surface area contributed by atoms with Crippen molar-refractivity contribution in [2.75, 3.05) is 38.6 Å². The van der Waals surface area contributed by atoms with E-state index in [1.807, 2.05) is 12.1 Å². The van der Waals surface area contributed by atoms with Crippen LogP contribution in [-0.2, 0) is 6.54 Å². The number of para-hydroxylation sites is 1. The van der Waals surface area contributed by atoms with E-state index in [0.29, 0.717) is 6.04 Å². The third-order valence-corrected chi connectivity index (χ3v) is 3.70. The van der Waals surface area contributed by atoms with Crippen molar-refractivity contribution in [1.82, 2.24) is 10.2 Å². The largest absolute Gasteiger partial charge is 0.369 e. The molecule has 0 bridgehead atoms. The van der Waals surface area contributed by atoms with Gasteiger partial charge in [-0.15, -0.1) is 0 Å². The van der Waals surface area contributed by atoms with Crippen LogP contribution in [-0.4, -0.2) is 44.7 Å². The van der Waals surface area contributed by atoms with Gasteiger partial charge in [-0.3, -0.25) is 0 Å². The van der Waals surface area contributed by atoms with Gasteiger partial charge >= 0.3 is 0 Å². The molecule has 0 atom stereocenters. The number of hydrogen-bond donors (Lipinski definition) is 1. The fraction of sp³-hybridized carbons (Fsp3) is 0.647. The van der Waals surface area contributed by atoms with E-state index in [2.05, 4.69) is 56.0 Å². The average Bonchev–Trinajstić information content (AvgIpc) is 2.41. The summed E-state index contributed by atoms with van der Waals surface area (Å²) in [5.74, 6) is 0. The second kappa shape index (κ2) is 9.29. The molecule has 0 aliphatic rings. The summed E-state index contributed by atoms with van der Waals surface area (Å²) in [7, 11) is 4.22. The van der Waals surface area contributed by atoms with Gasteiger partial charge in [0.05, 0.1) is 10.7 Å². The van der Waals surface area contributed by atoms with Crippen LogP contribution in [0.1, 0.15) is 32.8 Å². The van der Waals surface area contributed by atoms with E-state index >= 15 is 0 Å². The minimum atomic E-state index is 0.471. The molecule has 0 aliphatic heterocycles. The van der Waals surface area contributed by atoms with E-state index in [-0.39, 0.29) is 0 Å². The van der Waals surface area contributed by atoms with Crippen molar-refractivity contribution < 1.29 is 0 Å². The second-order valence-electron chi connectivity index (χ2n) is 6.07. The lowest BCUT2D eigenvalue weighted by Gasteiger charge is -2.29. The van der Waals surface area contributed by atoms with Gasteiger partial charge in [0.2, 0.25) is 0 Å².